The van der Waals surface area contributed by atoms with Crippen LogP contribution < -0.4 is 10.6 Å². The Morgan fingerprint density at radius 2 is 1.76 bits per heavy atom. The Labute approximate surface area is 173 Å². The zero-order valence-corrected chi connectivity index (χ0v) is 17.2. The summed E-state index contributed by atoms with van der Waals surface area (Å²) in [5.41, 5.74) is 3.74. The van der Waals surface area contributed by atoms with E-state index >= 15 is 0 Å². The van der Waals surface area contributed by atoms with Crippen molar-refractivity contribution in [2.24, 2.45) is 0 Å². The number of aromatic nitrogens is 2. The van der Waals surface area contributed by atoms with Crippen LogP contribution in [0.5, 0.6) is 0 Å². The number of imide groups is 1. The maximum absolute atomic E-state index is 12.7. The number of aryl methyl sites for hydroxylation is 2. The number of hydrogen-bond donors (Lipinski definition) is 2. The first kappa shape index (κ1) is 20.6. The molecule has 8 heteroatoms. The van der Waals surface area contributed by atoms with Gasteiger partial charge in [0.2, 0.25) is 11.8 Å². The van der Waals surface area contributed by atoms with Gasteiger partial charge in [0.05, 0.1) is 0 Å². The van der Waals surface area contributed by atoms with E-state index < -0.39 is 17.2 Å². The van der Waals surface area contributed by atoms with E-state index in [1.54, 1.807) is 6.92 Å². The van der Waals surface area contributed by atoms with Crippen molar-refractivity contribution in [3.63, 3.8) is 0 Å². The molecule has 29 heavy (non-hydrogen) atoms. The van der Waals surface area contributed by atoms with Crippen LogP contribution in [0.4, 0.5) is 4.79 Å². The molecule has 0 saturated carbocycles. The molecule has 0 radical (unpaired) electrons. The van der Waals surface area contributed by atoms with Crippen molar-refractivity contribution in [2.75, 3.05) is 6.54 Å². The minimum Gasteiger partial charge on any atom is -0.411 e. The van der Waals surface area contributed by atoms with Crippen LogP contribution in [-0.4, -0.2) is 28.7 Å². The Morgan fingerprint density at radius 1 is 1.07 bits per heavy atom. The Morgan fingerprint density at radius 3 is 2.41 bits per heavy atom. The van der Waals surface area contributed by atoms with E-state index in [4.69, 9.17) is 4.42 Å². The minimum atomic E-state index is -0.716. The topological polar surface area (TPSA) is 97.1 Å². The van der Waals surface area contributed by atoms with Crippen LogP contribution in [-0.2, 0) is 4.79 Å². The number of thioether (sulfide) groups is 1. The first-order valence-electron chi connectivity index (χ1n) is 9.18. The number of hydrogen-bond acceptors (Lipinski definition) is 6. The van der Waals surface area contributed by atoms with Crippen molar-refractivity contribution in [3.05, 3.63) is 65.2 Å². The number of urea groups is 1. The second-order valence-corrected chi connectivity index (χ2v) is 7.56. The molecular formula is C21H22N4O3S. The van der Waals surface area contributed by atoms with Gasteiger partial charge in [0.15, 0.2) is 0 Å². The lowest BCUT2D eigenvalue weighted by Gasteiger charge is -2.14. The summed E-state index contributed by atoms with van der Waals surface area (Å²) in [6.07, 6.45) is 0. The summed E-state index contributed by atoms with van der Waals surface area (Å²) in [7, 11) is 0. The smallest absolute Gasteiger partial charge is 0.321 e. The van der Waals surface area contributed by atoms with Crippen LogP contribution in [0, 0.1) is 13.8 Å². The zero-order chi connectivity index (χ0) is 20.8. The second-order valence-electron chi connectivity index (χ2n) is 6.51. The number of carbonyl (C=O) groups is 2. The number of amides is 3. The number of benzene rings is 2. The highest BCUT2D eigenvalue weighted by Crippen LogP contribution is 2.36. The largest absolute Gasteiger partial charge is 0.411 e. The Kier molecular flexibility index (Phi) is 6.66. The predicted molar refractivity (Wildman–Crippen MR) is 111 cm³/mol. The van der Waals surface area contributed by atoms with E-state index in [0.717, 1.165) is 34.0 Å². The lowest BCUT2D eigenvalue weighted by Crippen LogP contribution is -2.41. The molecule has 1 atom stereocenters. The highest BCUT2D eigenvalue weighted by Gasteiger charge is 2.26. The van der Waals surface area contributed by atoms with Crippen LogP contribution in [0.2, 0.25) is 0 Å². The number of nitrogens with zero attached hydrogens (tertiary/aromatic N) is 2. The van der Waals surface area contributed by atoms with Gasteiger partial charge in [-0.25, -0.2) is 4.79 Å². The molecule has 0 spiro atoms. The highest BCUT2D eigenvalue weighted by atomic mass is 32.2. The number of rotatable bonds is 6. The molecule has 150 valence electrons. The van der Waals surface area contributed by atoms with Crippen molar-refractivity contribution in [3.8, 4) is 11.5 Å². The third-order valence-electron chi connectivity index (χ3n) is 4.01. The Balaban J connectivity index is 1.84. The fraction of sp³-hybridized carbons (Fsp3) is 0.238. The van der Waals surface area contributed by atoms with Gasteiger partial charge < -0.3 is 9.73 Å². The summed E-state index contributed by atoms with van der Waals surface area (Å²) in [5.74, 6) is -0.0754. The summed E-state index contributed by atoms with van der Waals surface area (Å²) in [6.45, 7) is 6.20. The van der Waals surface area contributed by atoms with Gasteiger partial charge in [-0.2, -0.15) is 0 Å². The summed E-state index contributed by atoms with van der Waals surface area (Å²) in [4.78, 5) is 24.5. The molecule has 0 bridgehead atoms. The summed E-state index contributed by atoms with van der Waals surface area (Å²) in [5, 5.41) is 12.6. The summed E-state index contributed by atoms with van der Waals surface area (Å²) in [6, 6.07) is 14.6. The van der Waals surface area contributed by atoms with Crippen LogP contribution in [0.15, 0.2) is 58.2 Å². The first-order chi connectivity index (χ1) is 14.0. The molecule has 1 heterocycles. The van der Waals surface area contributed by atoms with Crippen LogP contribution >= 0.6 is 11.8 Å². The van der Waals surface area contributed by atoms with E-state index in [1.165, 1.54) is 0 Å². The number of nitrogens with one attached hydrogen (secondary N) is 2. The average molecular weight is 410 g/mol. The monoisotopic (exact) mass is 410 g/mol. The maximum atomic E-state index is 12.7. The van der Waals surface area contributed by atoms with Crippen LogP contribution in [0.1, 0.15) is 28.9 Å². The van der Waals surface area contributed by atoms with Gasteiger partial charge in [-0.15, -0.1) is 10.2 Å². The lowest BCUT2D eigenvalue weighted by molar-refractivity contribution is -0.119. The molecule has 2 aromatic carbocycles. The Hall–Kier alpha value is -3.13. The molecule has 1 aromatic heterocycles. The predicted octanol–water partition coefficient (Wildman–Crippen LogP) is 4.03. The third kappa shape index (κ3) is 5.45. The minimum absolute atomic E-state index is 0.249. The van der Waals surface area contributed by atoms with Crippen LogP contribution in [0.25, 0.3) is 11.5 Å². The molecule has 2 N–H and O–H groups in total. The molecular weight excluding hydrogens is 388 g/mol. The van der Waals surface area contributed by atoms with Gasteiger partial charge in [0.1, 0.15) is 5.25 Å². The molecule has 3 aromatic rings. The number of carbonyl (C=O) groups excluding carboxylic acids is 2. The lowest BCUT2D eigenvalue weighted by atomic mass is 10.1. The van der Waals surface area contributed by atoms with E-state index in [9.17, 15) is 9.59 Å². The normalized spacial score (nSPS) is 11.7. The Bertz CT molecular complexity index is 984. The zero-order valence-electron chi connectivity index (χ0n) is 16.4. The van der Waals surface area contributed by atoms with Crippen molar-refractivity contribution >= 4 is 23.7 Å². The summed E-state index contributed by atoms with van der Waals surface area (Å²) >= 11 is 1.10. The molecule has 7 nitrogen and oxygen atoms in total. The standard InChI is InChI=1S/C21H22N4O3S/c1-4-22-20(27)23-18(26)17(15-8-6-5-7-9-15)29-21-25-24-19(28-21)16-11-13(2)10-14(3)12-16/h5-12,17H,4H2,1-3H3,(H2,22,23,26,27)/t17-/m0/s1. The van der Waals surface area contributed by atoms with Crippen LogP contribution in [0.3, 0.4) is 0 Å². The second kappa shape index (κ2) is 9.38. The quantitative estimate of drug-likeness (QED) is 0.596. The molecule has 0 aliphatic rings. The van der Waals surface area contributed by atoms with Gasteiger partial charge in [0.25, 0.3) is 5.22 Å². The molecule has 0 unspecified atom stereocenters. The molecule has 0 saturated heterocycles. The molecule has 0 aliphatic heterocycles. The average Bonchev–Trinajstić information content (AvgIpc) is 3.15. The maximum Gasteiger partial charge on any atom is 0.321 e. The van der Waals surface area contributed by atoms with E-state index in [-0.39, 0.29) is 5.22 Å². The van der Waals surface area contributed by atoms with E-state index in [0.29, 0.717) is 12.4 Å². The SMILES string of the molecule is CCNC(=O)NC(=O)[C@@H](Sc1nnc(-c2cc(C)cc(C)c2)o1)c1ccccc1. The third-order valence-corrected chi connectivity index (χ3v) is 5.10. The van der Waals surface area contributed by atoms with Gasteiger partial charge in [-0.1, -0.05) is 47.5 Å². The molecule has 3 rings (SSSR count). The first-order valence-corrected chi connectivity index (χ1v) is 10.1. The van der Waals surface area contributed by atoms with Crippen molar-refractivity contribution in [2.45, 2.75) is 31.2 Å². The van der Waals surface area contributed by atoms with Gasteiger partial charge in [0, 0.05) is 12.1 Å². The highest BCUT2D eigenvalue weighted by molar-refractivity contribution is 8.00. The van der Waals surface area contributed by atoms with Crippen molar-refractivity contribution < 1.29 is 14.0 Å². The molecule has 0 fully saturated rings. The fourth-order valence-corrected chi connectivity index (χ4v) is 3.73. The molecule has 0 aliphatic carbocycles. The van der Waals surface area contributed by atoms with Crippen molar-refractivity contribution in [1.29, 1.82) is 0 Å². The van der Waals surface area contributed by atoms with Gasteiger partial charge in [-0.3, -0.25) is 10.1 Å². The van der Waals surface area contributed by atoms with Gasteiger partial charge in [-0.05, 0) is 50.2 Å². The van der Waals surface area contributed by atoms with Crippen molar-refractivity contribution in [1.82, 2.24) is 20.8 Å². The van der Waals surface area contributed by atoms with E-state index in [1.807, 2.05) is 56.3 Å². The van der Waals surface area contributed by atoms with E-state index in [2.05, 4.69) is 26.9 Å². The van der Waals surface area contributed by atoms with Gasteiger partial charge >= 0.3 is 6.03 Å². The summed E-state index contributed by atoms with van der Waals surface area (Å²) < 4.78 is 5.79. The fourth-order valence-electron chi connectivity index (χ4n) is 2.86. The molecule has 3 amide bonds.